The first-order chi connectivity index (χ1) is 11.7. The van der Waals surface area contributed by atoms with E-state index in [2.05, 4.69) is 35.6 Å². The molecular formula is C20H27NO2S. The molecule has 2 rings (SSSR count). The first kappa shape index (κ1) is 18.5. The van der Waals surface area contributed by atoms with E-state index in [0.29, 0.717) is 13.0 Å². The Balaban J connectivity index is 1.78. The molecule has 0 fully saturated rings. The van der Waals surface area contributed by atoms with Gasteiger partial charge in [0.25, 0.3) is 0 Å². The van der Waals surface area contributed by atoms with Crippen LogP contribution in [0.2, 0.25) is 0 Å². The highest BCUT2D eigenvalue weighted by atomic mass is 32.1. The van der Waals surface area contributed by atoms with Crippen LogP contribution in [0.3, 0.4) is 0 Å². The van der Waals surface area contributed by atoms with Crippen LogP contribution in [0.15, 0.2) is 36.4 Å². The lowest BCUT2D eigenvalue weighted by molar-refractivity contribution is -0.143. The molecule has 3 nitrogen and oxygen atoms in total. The summed E-state index contributed by atoms with van der Waals surface area (Å²) in [6, 6.07) is 12.8. The number of nitrogens with one attached hydrogen (secondary N) is 1. The van der Waals surface area contributed by atoms with Crippen molar-refractivity contribution in [3.63, 3.8) is 0 Å². The zero-order valence-electron chi connectivity index (χ0n) is 14.6. The molecule has 0 saturated heterocycles. The SMILES string of the molecule is CCOC(=O)CCCCCCc1sc(-c2ccccc2)cc1NC. The van der Waals surface area contributed by atoms with Gasteiger partial charge in [0.05, 0.1) is 6.61 Å². The molecule has 0 aliphatic carbocycles. The van der Waals surface area contributed by atoms with Crippen LogP contribution in [0.25, 0.3) is 10.4 Å². The van der Waals surface area contributed by atoms with Gasteiger partial charge in [-0.25, -0.2) is 0 Å². The Kier molecular flexibility index (Phi) is 7.83. The monoisotopic (exact) mass is 345 g/mol. The quantitative estimate of drug-likeness (QED) is 0.455. The van der Waals surface area contributed by atoms with E-state index in [4.69, 9.17) is 4.74 Å². The number of unbranched alkanes of at least 4 members (excludes halogenated alkanes) is 3. The topological polar surface area (TPSA) is 38.3 Å². The summed E-state index contributed by atoms with van der Waals surface area (Å²) in [5.74, 6) is -0.0688. The molecular weight excluding hydrogens is 318 g/mol. The molecule has 0 saturated carbocycles. The van der Waals surface area contributed by atoms with E-state index in [1.165, 1.54) is 21.0 Å². The van der Waals surface area contributed by atoms with Crippen molar-refractivity contribution in [2.45, 2.75) is 45.4 Å². The van der Waals surface area contributed by atoms with E-state index in [1.54, 1.807) is 0 Å². The fourth-order valence-electron chi connectivity index (χ4n) is 2.71. The number of anilines is 1. The lowest BCUT2D eigenvalue weighted by Gasteiger charge is -2.03. The van der Waals surface area contributed by atoms with Gasteiger partial charge in [0.1, 0.15) is 0 Å². The molecule has 1 heterocycles. The number of ether oxygens (including phenoxy) is 1. The minimum Gasteiger partial charge on any atom is -0.466 e. The van der Waals surface area contributed by atoms with Gasteiger partial charge < -0.3 is 10.1 Å². The molecule has 0 aliphatic rings. The summed E-state index contributed by atoms with van der Waals surface area (Å²) in [6.07, 6.45) is 5.97. The number of rotatable bonds is 10. The molecule has 130 valence electrons. The zero-order valence-corrected chi connectivity index (χ0v) is 15.5. The molecule has 0 unspecified atom stereocenters. The lowest BCUT2D eigenvalue weighted by Crippen LogP contribution is -2.03. The largest absolute Gasteiger partial charge is 0.466 e. The van der Waals surface area contributed by atoms with Crippen molar-refractivity contribution in [1.82, 2.24) is 0 Å². The van der Waals surface area contributed by atoms with Crippen molar-refractivity contribution in [3.8, 4) is 10.4 Å². The summed E-state index contributed by atoms with van der Waals surface area (Å²) < 4.78 is 4.95. The van der Waals surface area contributed by atoms with Crippen molar-refractivity contribution in [2.24, 2.45) is 0 Å². The highest BCUT2D eigenvalue weighted by Gasteiger charge is 2.09. The number of aryl methyl sites for hydroxylation is 1. The number of hydrogen-bond acceptors (Lipinski definition) is 4. The van der Waals surface area contributed by atoms with Crippen LogP contribution in [0.4, 0.5) is 5.69 Å². The Morgan fingerprint density at radius 3 is 2.58 bits per heavy atom. The number of carbonyl (C=O) groups is 1. The van der Waals surface area contributed by atoms with Crippen molar-refractivity contribution >= 4 is 23.0 Å². The molecule has 0 atom stereocenters. The van der Waals surface area contributed by atoms with Crippen LogP contribution in [0, 0.1) is 0 Å². The Bertz CT molecular complexity index is 622. The van der Waals surface area contributed by atoms with Gasteiger partial charge in [-0.3, -0.25) is 4.79 Å². The minimum absolute atomic E-state index is 0.0688. The second kappa shape index (κ2) is 10.1. The van der Waals surface area contributed by atoms with Gasteiger partial charge in [-0.15, -0.1) is 11.3 Å². The average molecular weight is 346 g/mol. The van der Waals surface area contributed by atoms with Crippen molar-refractivity contribution in [3.05, 3.63) is 41.3 Å². The fraction of sp³-hybridized carbons (Fsp3) is 0.450. The maximum atomic E-state index is 11.3. The maximum Gasteiger partial charge on any atom is 0.305 e. The summed E-state index contributed by atoms with van der Waals surface area (Å²) in [7, 11) is 1.99. The summed E-state index contributed by atoms with van der Waals surface area (Å²) in [5.41, 5.74) is 2.52. The summed E-state index contributed by atoms with van der Waals surface area (Å²) in [4.78, 5) is 14.0. The number of thiophene rings is 1. The van der Waals surface area contributed by atoms with E-state index in [1.807, 2.05) is 31.4 Å². The molecule has 0 spiro atoms. The van der Waals surface area contributed by atoms with Crippen LogP contribution in [-0.4, -0.2) is 19.6 Å². The lowest BCUT2D eigenvalue weighted by atomic mass is 10.1. The molecule has 0 amide bonds. The Morgan fingerprint density at radius 1 is 1.12 bits per heavy atom. The van der Waals surface area contributed by atoms with E-state index >= 15 is 0 Å². The smallest absolute Gasteiger partial charge is 0.305 e. The minimum atomic E-state index is -0.0688. The first-order valence-electron chi connectivity index (χ1n) is 8.76. The second-order valence-electron chi connectivity index (χ2n) is 5.78. The zero-order chi connectivity index (χ0) is 17.2. The standard InChI is InChI=1S/C20H27NO2S/c1-3-23-20(22)14-10-5-4-9-13-18-17(21-2)15-19(24-18)16-11-7-6-8-12-16/h6-8,11-12,15,21H,3-5,9-10,13-14H2,1-2H3. The van der Waals surface area contributed by atoms with Crippen LogP contribution < -0.4 is 5.32 Å². The van der Waals surface area contributed by atoms with Crippen LogP contribution in [0.1, 0.15) is 43.9 Å². The predicted octanol–water partition coefficient (Wildman–Crippen LogP) is 5.51. The normalized spacial score (nSPS) is 10.6. The van der Waals surface area contributed by atoms with Gasteiger partial charge >= 0.3 is 5.97 Å². The second-order valence-corrected chi connectivity index (χ2v) is 6.92. The van der Waals surface area contributed by atoms with Gasteiger partial charge in [0.2, 0.25) is 0 Å². The molecule has 24 heavy (non-hydrogen) atoms. The number of esters is 1. The van der Waals surface area contributed by atoms with Gasteiger partial charge in [-0.2, -0.15) is 0 Å². The van der Waals surface area contributed by atoms with E-state index in [-0.39, 0.29) is 5.97 Å². The van der Waals surface area contributed by atoms with Crippen LogP contribution >= 0.6 is 11.3 Å². The summed E-state index contributed by atoms with van der Waals surface area (Å²) in [5, 5.41) is 3.32. The summed E-state index contributed by atoms with van der Waals surface area (Å²) in [6.45, 7) is 2.33. The first-order valence-corrected chi connectivity index (χ1v) is 9.57. The molecule has 2 aromatic rings. The molecule has 1 aromatic heterocycles. The van der Waals surface area contributed by atoms with Crippen LogP contribution in [-0.2, 0) is 16.0 Å². The third kappa shape index (κ3) is 5.68. The van der Waals surface area contributed by atoms with E-state index in [0.717, 1.165) is 32.1 Å². The molecule has 0 radical (unpaired) electrons. The average Bonchev–Trinajstić information content (AvgIpc) is 3.02. The van der Waals surface area contributed by atoms with Gasteiger partial charge in [-0.1, -0.05) is 43.2 Å². The van der Waals surface area contributed by atoms with Crippen LogP contribution in [0.5, 0.6) is 0 Å². The number of carbonyl (C=O) groups excluding carboxylic acids is 1. The highest BCUT2D eigenvalue weighted by molar-refractivity contribution is 7.16. The van der Waals surface area contributed by atoms with Crippen molar-refractivity contribution in [2.75, 3.05) is 19.0 Å². The van der Waals surface area contributed by atoms with E-state index < -0.39 is 0 Å². The molecule has 4 heteroatoms. The van der Waals surface area contributed by atoms with Gasteiger partial charge in [0, 0.05) is 28.9 Å². The Labute approximate surface area is 149 Å². The highest BCUT2D eigenvalue weighted by Crippen LogP contribution is 2.35. The molecule has 1 N–H and O–H groups in total. The maximum absolute atomic E-state index is 11.3. The third-order valence-corrected chi connectivity index (χ3v) is 5.22. The summed E-state index contributed by atoms with van der Waals surface area (Å²) >= 11 is 1.88. The van der Waals surface area contributed by atoms with Crippen molar-refractivity contribution in [1.29, 1.82) is 0 Å². The van der Waals surface area contributed by atoms with Gasteiger partial charge in [0.15, 0.2) is 0 Å². The van der Waals surface area contributed by atoms with Gasteiger partial charge in [-0.05, 0) is 37.8 Å². The Hall–Kier alpha value is -1.81. The number of benzene rings is 1. The Morgan fingerprint density at radius 2 is 1.88 bits per heavy atom. The molecule has 0 bridgehead atoms. The molecule has 0 aliphatic heterocycles. The van der Waals surface area contributed by atoms with E-state index in [9.17, 15) is 4.79 Å². The number of hydrogen-bond donors (Lipinski definition) is 1. The van der Waals surface area contributed by atoms with Crippen molar-refractivity contribution < 1.29 is 9.53 Å². The fourth-order valence-corrected chi connectivity index (χ4v) is 3.93. The molecule has 1 aromatic carbocycles. The predicted molar refractivity (Wildman–Crippen MR) is 103 cm³/mol. The third-order valence-electron chi connectivity index (χ3n) is 3.98.